The lowest BCUT2D eigenvalue weighted by molar-refractivity contribution is 0.0688. The van der Waals surface area contributed by atoms with E-state index < -0.39 is 5.97 Å². The van der Waals surface area contributed by atoms with Crippen molar-refractivity contribution in [2.75, 3.05) is 7.11 Å². The average Bonchev–Trinajstić information content (AvgIpc) is 2.47. The van der Waals surface area contributed by atoms with Gasteiger partial charge in [0.2, 0.25) is 5.88 Å². The van der Waals surface area contributed by atoms with Crippen LogP contribution in [0, 0.1) is 0 Å². The summed E-state index contributed by atoms with van der Waals surface area (Å²) in [5, 5.41) is 9.08. The van der Waals surface area contributed by atoms with Crippen LogP contribution in [0.4, 0.5) is 0 Å². The number of nitrogens with zero attached hydrogens (tertiary/aromatic N) is 1. The highest BCUT2D eigenvalue weighted by molar-refractivity contribution is 5.90. The van der Waals surface area contributed by atoms with Gasteiger partial charge in [0.1, 0.15) is 17.4 Å². The Hall–Kier alpha value is -2.56. The van der Waals surface area contributed by atoms with Crippen LogP contribution >= 0.6 is 0 Å². The molecule has 0 radical (unpaired) electrons. The molecule has 0 aliphatic carbocycles. The van der Waals surface area contributed by atoms with Crippen molar-refractivity contribution in [2.45, 2.75) is 13.0 Å². The molecule has 1 N–H and O–H groups in total. The predicted octanol–water partition coefficient (Wildman–Crippen LogP) is 2.93. The van der Waals surface area contributed by atoms with Crippen molar-refractivity contribution in [3.63, 3.8) is 0 Å². The summed E-state index contributed by atoms with van der Waals surface area (Å²) in [6, 6.07) is 10.4. The molecule has 0 saturated carbocycles. The number of benzene rings is 1. The molecule has 1 unspecified atom stereocenters. The quantitative estimate of drug-likeness (QED) is 0.907. The van der Waals surface area contributed by atoms with E-state index >= 15 is 0 Å². The van der Waals surface area contributed by atoms with Gasteiger partial charge in [-0.25, -0.2) is 9.78 Å². The van der Waals surface area contributed by atoms with Crippen molar-refractivity contribution in [3.05, 3.63) is 53.7 Å². The van der Waals surface area contributed by atoms with Crippen molar-refractivity contribution in [1.29, 1.82) is 0 Å². The van der Waals surface area contributed by atoms with Gasteiger partial charge in [0.05, 0.1) is 7.11 Å². The molecule has 5 heteroatoms. The van der Waals surface area contributed by atoms with Gasteiger partial charge >= 0.3 is 5.97 Å². The van der Waals surface area contributed by atoms with E-state index in [1.807, 2.05) is 31.2 Å². The standard InChI is InChI=1S/C15H15NO4/c1-10(11-5-7-12(19-2)8-6-11)20-14-13(15(17)18)4-3-9-16-14/h3-10H,1-2H3,(H,17,18). The van der Waals surface area contributed by atoms with E-state index in [-0.39, 0.29) is 17.5 Å². The average molecular weight is 273 g/mol. The first-order valence-electron chi connectivity index (χ1n) is 6.10. The topological polar surface area (TPSA) is 68.7 Å². The smallest absolute Gasteiger partial charge is 0.341 e. The van der Waals surface area contributed by atoms with Crippen molar-refractivity contribution in [1.82, 2.24) is 4.98 Å². The van der Waals surface area contributed by atoms with Gasteiger partial charge in [0.25, 0.3) is 0 Å². The highest BCUT2D eigenvalue weighted by Crippen LogP contribution is 2.24. The Labute approximate surface area is 116 Å². The normalized spacial score (nSPS) is 11.7. The fraction of sp³-hybridized carbons (Fsp3) is 0.200. The van der Waals surface area contributed by atoms with Crippen LogP contribution in [0.2, 0.25) is 0 Å². The van der Waals surface area contributed by atoms with Crippen LogP contribution in [-0.2, 0) is 0 Å². The molecule has 1 aromatic heterocycles. The summed E-state index contributed by atoms with van der Waals surface area (Å²) in [6.07, 6.45) is 1.19. The maximum Gasteiger partial charge on any atom is 0.341 e. The molecule has 2 rings (SSSR count). The highest BCUT2D eigenvalue weighted by Gasteiger charge is 2.15. The number of aromatic nitrogens is 1. The number of rotatable bonds is 5. The molecule has 104 valence electrons. The molecule has 20 heavy (non-hydrogen) atoms. The molecular formula is C15H15NO4. The van der Waals surface area contributed by atoms with E-state index in [0.29, 0.717) is 0 Å². The molecule has 1 aromatic carbocycles. The number of hydrogen-bond donors (Lipinski definition) is 1. The summed E-state index contributed by atoms with van der Waals surface area (Å²) >= 11 is 0. The zero-order valence-corrected chi connectivity index (χ0v) is 11.2. The molecule has 0 fully saturated rings. The Morgan fingerprint density at radius 3 is 2.55 bits per heavy atom. The zero-order valence-electron chi connectivity index (χ0n) is 11.2. The molecule has 2 aromatic rings. The summed E-state index contributed by atoms with van der Waals surface area (Å²) < 4.78 is 10.7. The largest absolute Gasteiger partial charge is 0.497 e. The number of hydrogen-bond acceptors (Lipinski definition) is 4. The van der Waals surface area contributed by atoms with E-state index in [1.54, 1.807) is 13.2 Å². The van der Waals surface area contributed by atoms with Gasteiger partial charge in [-0.05, 0) is 36.8 Å². The molecular weight excluding hydrogens is 258 g/mol. The van der Waals surface area contributed by atoms with Gasteiger partial charge in [-0.3, -0.25) is 0 Å². The molecule has 5 nitrogen and oxygen atoms in total. The monoisotopic (exact) mass is 273 g/mol. The van der Waals surface area contributed by atoms with Crippen LogP contribution in [-0.4, -0.2) is 23.2 Å². The molecule has 0 aliphatic rings. The SMILES string of the molecule is COc1ccc(C(C)Oc2ncccc2C(=O)O)cc1. The van der Waals surface area contributed by atoms with Gasteiger partial charge in [-0.1, -0.05) is 12.1 Å². The Morgan fingerprint density at radius 1 is 1.25 bits per heavy atom. The van der Waals surface area contributed by atoms with Gasteiger partial charge in [-0.15, -0.1) is 0 Å². The van der Waals surface area contributed by atoms with Crippen molar-refractivity contribution >= 4 is 5.97 Å². The minimum Gasteiger partial charge on any atom is -0.497 e. The molecule has 1 heterocycles. The number of methoxy groups -OCH3 is 1. The van der Waals surface area contributed by atoms with E-state index in [1.165, 1.54) is 12.3 Å². The number of aromatic carboxylic acids is 1. The summed E-state index contributed by atoms with van der Waals surface area (Å²) in [4.78, 5) is 15.1. The summed E-state index contributed by atoms with van der Waals surface area (Å²) in [5.74, 6) is -0.191. The summed E-state index contributed by atoms with van der Waals surface area (Å²) in [6.45, 7) is 1.84. The molecule has 0 saturated heterocycles. The van der Waals surface area contributed by atoms with Crippen molar-refractivity contribution in [2.24, 2.45) is 0 Å². The van der Waals surface area contributed by atoms with Crippen molar-refractivity contribution in [3.8, 4) is 11.6 Å². The Balaban J connectivity index is 2.18. The minimum atomic E-state index is -1.06. The minimum absolute atomic E-state index is 0.0489. The number of carbonyl (C=O) groups is 1. The first-order valence-corrected chi connectivity index (χ1v) is 6.10. The Bertz CT molecular complexity index is 595. The maximum atomic E-state index is 11.1. The maximum absolute atomic E-state index is 11.1. The second-order valence-electron chi connectivity index (χ2n) is 4.19. The Morgan fingerprint density at radius 2 is 1.95 bits per heavy atom. The van der Waals surface area contributed by atoms with Gasteiger partial charge in [0, 0.05) is 6.20 Å². The van der Waals surface area contributed by atoms with Gasteiger partial charge < -0.3 is 14.6 Å². The first kappa shape index (κ1) is 13.9. The van der Waals surface area contributed by atoms with Gasteiger partial charge in [-0.2, -0.15) is 0 Å². The van der Waals surface area contributed by atoms with E-state index in [0.717, 1.165) is 11.3 Å². The van der Waals surface area contributed by atoms with E-state index in [4.69, 9.17) is 14.6 Å². The predicted molar refractivity (Wildman–Crippen MR) is 73.2 cm³/mol. The number of carboxylic acids is 1. The Kier molecular flexibility index (Phi) is 4.20. The number of carboxylic acid groups (broad SMARTS) is 1. The van der Waals surface area contributed by atoms with Crippen LogP contribution in [0.5, 0.6) is 11.6 Å². The van der Waals surface area contributed by atoms with E-state index in [9.17, 15) is 4.79 Å². The second-order valence-corrected chi connectivity index (χ2v) is 4.19. The molecule has 0 bridgehead atoms. The fourth-order valence-electron chi connectivity index (χ4n) is 1.76. The molecule has 1 atom stereocenters. The van der Waals surface area contributed by atoms with Crippen LogP contribution < -0.4 is 9.47 Å². The molecule has 0 spiro atoms. The van der Waals surface area contributed by atoms with Crippen LogP contribution in [0.1, 0.15) is 28.9 Å². The number of pyridine rings is 1. The first-order chi connectivity index (χ1) is 9.61. The third-order valence-electron chi connectivity index (χ3n) is 2.88. The third-order valence-corrected chi connectivity index (χ3v) is 2.88. The zero-order chi connectivity index (χ0) is 14.5. The van der Waals surface area contributed by atoms with Crippen LogP contribution in [0.15, 0.2) is 42.6 Å². The lowest BCUT2D eigenvalue weighted by Crippen LogP contribution is -2.08. The highest BCUT2D eigenvalue weighted by atomic mass is 16.5. The fourth-order valence-corrected chi connectivity index (χ4v) is 1.76. The molecule has 0 amide bonds. The third kappa shape index (κ3) is 3.06. The lowest BCUT2D eigenvalue weighted by Gasteiger charge is -2.15. The van der Waals surface area contributed by atoms with Gasteiger partial charge in [0.15, 0.2) is 0 Å². The van der Waals surface area contributed by atoms with Crippen LogP contribution in [0.25, 0.3) is 0 Å². The lowest BCUT2D eigenvalue weighted by atomic mass is 10.1. The van der Waals surface area contributed by atoms with E-state index in [2.05, 4.69) is 4.98 Å². The summed E-state index contributed by atoms with van der Waals surface area (Å²) in [5.41, 5.74) is 0.959. The number of ether oxygens (including phenoxy) is 2. The molecule has 0 aliphatic heterocycles. The van der Waals surface area contributed by atoms with Crippen LogP contribution in [0.3, 0.4) is 0 Å². The second kappa shape index (κ2) is 6.06. The van der Waals surface area contributed by atoms with Crippen molar-refractivity contribution < 1.29 is 19.4 Å². The summed E-state index contributed by atoms with van der Waals surface area (Å²) in [7, 11) is 1.60.